The Morgan fingerprint density at radius 1 is 1.12 bits per heavy atom. The van der Waals surface area contributed by atoms with Gasteiger partial charge in [-0.3, -0.25) is 10.1 Å². The van der Waals surface area contributed by atoms with E-state index in [4.69, 9.17) is 20.9 Å². The third-order valence-electron chi connectivity index (χ3n) is 4.52. The van der Waals surface area contributed by atoms with Gasteiger partial charge in [0.25, 0.3) is 5.91 Å². The van der Waals surface area contributed by atoms with E-state index in [1.54, 1.807) is 6.07 Å². The Kier molecular flexibility index (Phi) is 6.25. The van der Waals surface area contributed by atoms with E-state index in [2.05, 4.69) is 20.7 Å². The quantitative estimate of drug-likeness (QED) is 0.374. The number of nitrogens with zero attached hydrogens (tertiary/aromatic N) is 3. The molecule has 4 rings (SSSR count). The highest BCUT2D eigenvalue weighted by atomic mass is 35.5. The van der Waals surface area contributed by atoms with E-state index in [1.807, 2.05) is 69.3 Å². The Bertz CT molecular complexity index is 1230. The summed E-state index contributed by atoms with van der Waals surface area (Å²) in [6, 6.07) is 16.4. The molecule has 1 amide bonds. The van der Waals surface area contributed by atoms with E-state index in [1.165, 1.54) is 11.3 Å². The first-order valence-electron chi connectivity index (χ1n) is 9.88. The molecule has 1 N–H and O–H groups in total. The maximum Gasteiger partial charge on any atom is 0.279 e. The Morgan fingerprint density at radius 2 is 1.88 bits per heavy atom. The molecule has 164 valence electrons. The zero-order valence-electron chi connectivity index (χ0n) is 17.8. The summed E-state index contributed by atoms with van der Waals surface area (Å²) < 4.78 is 11.1. The summed E-state index contributed by atoms with van der Waals surface area (Å²) in [5.41, 5.74) is 1.71. The van der Waals surface area contributed by atoms with Gasteiger partial charge in [0, 0.05) is 27.6 Å². The number of hydrogen-bond acceptors (Lipinski definition) is 7. The lowest BCUT2D eigenvalue weighted by atomic mass is 9.98. The normalized spacial score (nSPS) is 11.4. The maximum atomic E-state index is 12.5. The standard InChI is InChI=1S/C23H21ClN4O3S/c1-23(2,3)21-26-27-22(32-21)25-20(29)18-12-19(31-28-18)14-8-10-16(11-9-14)30-13-15-6-4-5-7-17(15)24/h4-12H,13H2,1-3H3,(H,25,27,29). The molecule has 0 aliphatic carbocycles. The molecule has 4 aromatic rings. The monoisotopic (exact) mass is 468 g/mol. The van der Waals surface area contributed by atoms with Gasteiger partial charge >= 0.3 is 0 Å². The lowest BCUT2D eigenvalue weighted by Crippen LogP contribution is -2.11. The lowest BCUT2D eigenvalue weighted by molar-refractivity contribution is 0.101. The average molecular weight is 469 g/mol. The highest BCUT2D eigenvalue weighted by Gasteiger charge is 2.21. The van der Waals surface area contributed by atoms with E-state index < -0.39 is 5.91 Å². The van der Waals surface area contributed by atoms with Crippen molar-refractivity contribution in [2.75, 3.05) is 5.32 Å². The van der Waals surface area contributed by atoms with Crippen LogP contribution in [-0.2, 0) is 12.0 Å². The number of amides is 1. The molecule has 0 atom stereocenters. The van der Waals surface area contributed by atoms with E-state index in [-0.39, 0.29) is 11.1 Å². The van der Waals surface area contributed by atoms with Gasteiger partial charge in [-0.25, -0.2) is 0 Å². The van der Waals surface area contributed by atoms with Gasteiger partial charge in [0.1, 0.15) is 17.4 Å². The van der Waals surface area contributed by atoms with Gasteiger partial charge in [-0.05, 0) is 30.3 Å². The summed E-state index contributed by atoms with van der Waals surface area (Å²) in [6.07, 6.45) is 0. The van der Waals surface area contributed by atoms with Crippen LogP contribution in [0.4, 0.5) is 5.13 Å². The lowest BCUT2D eigenvalue weighted by Gasteiger charge is -2.12. The number of nitrogens with one attached hydrogen (secondary N) is 1. The molecule has 32 heavy (non-hydrogen) atoms. The minimum absolute atomic E-state index is 0.134. The molecule has 0 radical (unpaired) electrons. The van der Waals surface area contributed by atoms with Crippen molar-refractivity contribution in [3.05, 3.63) is 75.9 Å². The second-order valence-corrected chi connectivity index (χ2v) is 9.48. The van der Waals surface area contributed by atoms with Crippen LogP contribution < -0.4 is 10.1 Å². The van der Waals surface area contributed by atoms with E-state index in [0.29, 0.717) is 28.3 Å². The predicted octanol–water partition coefficient (Wildman–Crippen LogP) is 5.98. The fourth-order valence-electron chi connectivity index (χ4n) is 2.75. The molecular weight excluding hydrogens is 448 g/mol. The zero-order chi connectivity index (χ0) is 22.7. The number of benzene rings is 2. The Balaban J connectivity index is 1.39. The maximum absolute atomic E-state index is 12.5. The van der Waals surface area contributed by atoms with Crippen molar-refractivity contribution in [3.63, 3.8) is 0 Å². The van der Waals surface area contributed by atoms with Crippen molar-refractivity contribution >= 4 is 34.0 Å². The van der Waals surface area contributed by atoms with Crippen LogP contribution in [0.3, 0.4) is 0 Å². The molecule has 9 heteroatoms. The number of anilines is 1. The van der Waals surface area contributed by atoms with Crippen molar-refractivity contribution in [1.82, 2.24) is 15.4 Å². The summed E-state index contributed by atoms with van der Waals surface area (Å²) in [5.74, 6) is 0.758. The molecule has 2 heterocycles. The van der Waals surface area contributed by atoms with Crippen LogP contribution >= 0.6 is 22.9 Å². The first-order valence-corrected chi connectivity index (χ1v) is 11.1. The van der Waals surface area contributed by atoms with Crippen LogP contribution in [0, 0.1) is 0 Å². The fourth-order valence-corrected chi connectivity index (χ4v) is 3.73. The zero-order valence-corrected chi connectivity index (χ0v) is 19.3. The van der Waals surface area contributed by atoms with E-state index in [0.717, 1.165) is 16.1 Å². The molecule has 0 unspecified atom stereocenters. The molecule has 0 aliphatic rings. The molecule has 7 nitrogen and oxygen atoms in total. The summed E-state index contributed by atoms with van der Waals surface area (Å²) in [6.45, 7) is 6.48. The van der Waals surface area contributed by atoms with Gasteiger partial charge in [-0.1, -0.05) is 67.1 Å². The van der Waals surface area contributed by atoms with Gasteiger partial charge in [-0.2, -0.15) is 0 Å². The molecule has 0 saturated carbocycles. The van der Waals surface area contributed by atoms with E-state index in [9.17, 15) is 4.79 Å². The number of rotatable bonds is 6. The second kappa shape index (κ2) is 9.10. The molecule has 0 fully saturated rings. The second-order valence-electron chi connectivity index (χ2n) is 8.10. The van der Waals surface area contributed by atoms with Gasteiger partial charge < -0.3 is 9.26 Å². The molecule has 2 aromatic heterocycles. The van der Waals surface area contributed by atoms with Crippen LogP contribution in [0.2, 0.25) is 5.02 Å². The van der Waals surface area contributed by atoms with Gasteiger partial charge in [-0.15, -0.1) is 10.2 Å². The highest BCUT2D eigenvalue weighted by molar-refractivity contribution is 7.15. The minimum Gasteiger partial charge on any atom is -0.489 e. The molecule has 2 aromatic carbocycles. The third-order valence-corrected chi connectivity index (χ3v) is 6.15. The van der Waals surface area contributed by atoms with Crippen LogP contribution in [0.15, 0.2) is 59.1 Å². The summed E-state index contributed by atoms with van der Waals surface area (Å²) >= 11 is 7.49. The Labute approximate surface area is 194 Å². The smallest absolute Gasteiger partial charge is 0.279 e. The predicted molar refractivity (Wildman–Crippen MR) is 124 cm³/mol. The molecular formula is C23H21ClN4O3S. The minimum atomic E-state index is -0.406. The first kappa shape index (κ1) is 22.0. The first-order chi connectivity index (χ1) is 15.3. The average Bonchev–Trinajstić information content (AvgIpc) is 3.43. The Hall–Kier alpha value is -3.23. The van der Waals surface area contributed by atoms with Gasteiger partial charge in [0.05, 0.1) is 0 Å². The largest absolute Gasteiger partial charge is 0.489 e. The fraction of sp³-hybridized carbons (Fsp3) is 0.217. The number of aromatic nitrogens is 3. The summed E-state index contributed by atoms with van der Waals surface area (Å²) in [7, 11) is 0. The third kappa shape index (κ3) is 5.15. The van der Waals surface area contributed by atoms with Crippen LogP contribution in [-0.4, -0.2) is 21.3 Å². The number of carbonyl (C=O) groups is 1. The number of ether oxygens (including phenoxy) is 1. The molecule has 0 saturated heterocycles. The van der Waals surface area contributed by atoms with Crippen molar-refractivity contribution in [2.45, 2.75) is 32.8 Å². The Morgan fingerprint density at radius 3 is 2.56 bits per heavy atom. The molecule has 0 bridgehead atoms. The van der Waals surface area contributed by atoms with Crippen LogP contribution in [0.25, 0.3) is 11.3 Å². The highest BCUT2D eigenvalue weighted by Crippen LogP contribution is 2.28. The van der Waals surface area contributed by atoms with Crippen LogP contribution in [0.5, 0.6) is 5.75 Å². The van der Waals surface area contributed by atoms with Gasteiger partial charge in [0.2, 0.25) is 5.13 Å². The van der Waals surface area contributed by atoms with E-state index >= 15 is 0 Å². The SMILES string of the molecule is CC(C)(C)c1nnc(NC(=O)c2cc(-c3ccc(OCc4ccccc4Cl)cc3)on2)s1. The van der Waals surface area contributed by atoms with Crippen LogP contribution in [0.1, 0.15) is 41.8 Å². The van der Waals surface area contributed by atoms with Crippen molar-refractivity contribution in [3.8, 4) is 17.1 Å². The number of carbonyl (C=O) groups excluding carboxylic acids is 1. The number of halogens is 1. The van der Waals surface area contributed by atoms with Crippen molar-refractivity contribution in [2.24, 2.45) is 0 Å². The topological polar surface area (TPSA) is 90.1 Å². The molecule has 0 spiro atoms. The van der Waals surface area contributed by atoms with Gasteiger partial charge in [0.15, 0.2) is 11.5 Å². The van der Waals surface area contributed by atoms with Crippen molar-refractivity contribution < 1.29 is 14.1 Å². The van der Waals surface area contributed by atoms with Crippen molar-refractivity contribution in [1.29, 1.82) is 0 Å². The summed E-state index contributed by atoms with van der Waals surface area (Å²) in [4.78, 5) is 12.5. The number of hydrogen-bond donors (Lipinski definition) is 1. The molecule has 0 aliphatic heterocycles. The summed E-state index contributed by atoms with van der Waals surface area (Å²) in [5, 5.41) is 16.7.